The number of hydrogen-bond acceptors (Lipinski definition) is 5. The number of likely N-dealkylation sites (tertiary alicyclic amines) is 2. The van der Waals surface area contributed by atoms with Crippen LogP contribution in [0.15, 0.2) is 30.5 Å². The molecule has 7 nitrogen and oxygen atoms in total. The van der Waals surface area contributed by atoms with Gasteiger partial charge >= 0.3 is 6.18 Å². The Morgan fingerprint density at radius 1 is 1.03 bits per heavy atom. The quantitative estimate of drug-likeness (QED) is 0.498. The number of ether oxygens (including phenoxy) is 1. The third-order valence-corrected chi connectivity index (χ3v) is 7.66. The molecular weight excluding hydrogens is 528 g/mol. The minimum absolute atomic E-state index is 0.0685. The van der Waals surface area contributed by atoms with Crippen LogP contribution in [0.3, 0.4) is 0 Å². The van der Waals surface area contributed by atoms with Gasteiger partial charge in [0.1, 0.15) is 5.82 Å². The molecule has 0 N–H and O–H groups in total. The van der Waals surface area contributed by atoms with Crippen molar-refractivity contribution in [3.05, 3.63) is 52.4 Å². The number of pyridine rings is 1. The molecule has 3 fully saturated rings. The Labute approximate surface area is 222 Å². The lowest BCUT2D eigenvalue weighted by Crippen LogP contribution is -2.47. The summed E-state index contributed by atoms with van der Waals surface area (Å²) in [5, 5.41) is -0.0702. The first-order chi connectivity index (χ1) is 18.1. The maximum absolute atomic E-state index is 14.8. The molecule has 1 aromatic carbocycles. The summed E-state index contributed by atoms with van der Waals surface area (Å²) in [4.78, 5) is 34.7. The van der Waals surface area contributed by atoms with Gasteiger partial charge in [0.05, 0.1) is 10.6 Å². The summed E-state index contributed by atoms with van der Waals surface area (Å²) in [5.41, 5.74) is -0.648. The molecule has 12 heteroatoms. The van der Waals surface area contributed by atoms with Crippen molar-refractivity contribution in [2.24, 2.45) is 0 Å². The average Bonchev–Trinajstić information content (AvgIpc) is 3.55. The first kappa shape index (κ1) is 26.5. The molecule has 0 saturated carbocycles. The minimum Gasteiger partial charge on any atom is -0.477 e. The first-order valence-corrected chi connectivity index (χ1v) is 13.0. The van der Waals surface area contributed by atoms with Crippen LogP contribution >= 0.6 is 11.6 Å². The molecule has 0 spiro atoms. The van der Waals surface area contributed by atoms with Gasteiger partial charge in [-0.1, -0.05) is 11.6 Å². The van der Waals surface area contributed by atoms with E-state index in [0.717, 1.165) is 31.2 Å². The van der Waals surface area contributed by atoms with Gasteiger partial charge < -0.3 is 19.4 Å². The van der Waals surface area contributed by atoms with E-state index in [1.54, 1.807) is 9.80 Å². The van der Waals surface area contributed by atoms with E-state index in [4.69, 9.17) is 16.3 Å². The molecule has 3 aliphatic heterocycles. The van der Waals surface area contributed by atoms with E-state index in [0.29, 0.717) is 52.0 Å². The molecule has 204 valence electrons. The third-order valence-electron chi connectivity index (χ3n) is 7.39. The Balaban J connectivity index is 1.17. The zero-order valence-electron chi connectivity index (χ0n) is 20.5. The SMILES string of the molecule is O=C(c1ccc(OC2CCN(C3CCN(c4ncc(C(F)(F)F)cc4Cl)CC3)C2=O)c(F)c1)N1CCCC1. The number of carbonyl (C=O) groups excluding carboxylic acids is 2. The van der Waals surface area contributed by atoms with Crippen molar-refractivity contribution in [3.63, 3.8) is 0 Å². The van der Waals surface area contributed by atoms with Crippen LogP contribution in [0.4, 0.5) is 23.4 Å². The smallest absolute Gasteiger partial charge is 0.417 e. The summed E-state index contributed by atoms with van der Waals surface area (Å²) in [7, 11) is 0. The Morgan fingerprint density at radius 2 is 1.74 bits per heavy atom. The van der Waals surface area contributed by atoms with Gasteiger partial charge in [-0.3, -0.25) is 9.59 Å². The Bertz CT molecular complexity index is 1210. The van der Waals surface area contributed by atoms with Crippen LogP contribution in [0.1, 0.15) is 48.0 Å². The second-order valence-electron chi connectivity index (χ2n) is 9.82. The molecular formula is C26H27ClF4N4O3. The molecule has 1 unspecified atom stereocenters. The van der Waals surface area contributed by atoms with E-state index >= 15 is 0 Å². The van der Waals surface area contributed by atoms with Crippen molar-refractivity contribution in [1.82, 2.24) is 14.8 Å². The Kier molecular flexibility index (Phi) is 7.39. The zero-order chi connectivity index (χ0) is 27.0. The predicted molar refractivity (Wildman–Crippen MR) is 132 cm³/mol. The number of rotatable bonds is 5. The second kappa shape index (κ2) is 10.6. The number of piperidine rings is 1. The van der Waals surface area contributed by atoms with Crippen LogP contribution in [-0.4, -0.2) is 71.5 Å². The molecule has 38 heavy (non-hydrogen) atoms. The normalized spacial score (nSPS) is 20.9. The molecule has 2 aromatic rings. The molecule has 3 aliphatic rings. The van der Waals surface area contributed by atoms with Gasteiger partial charge in [0, 0.05) is 56.9 Å². The molecule has 3 saturated heterocycles. The fraction of sp³-hybridized carbons (Fsp3) is 0.500. The van der Waals surface area contributed by atoms with Crippen molar-refractivity contribution in [2.45, 2.75) is 50.4 Å². The van der Waals surface area contributed by atoms with Gasteiger partial charge in [0.2, 0.25) is 0 Å². The van der Waals surface area contributed by atoms with Gasteiger partial charge in [-0.15, -0.1) is 0 Å². The molecule has 4 heterocycles. The summed E-state index contributed by atoms with van der Waals surface area (Å²) in [6, 6.07) is 4.87. The summed E-state index contributed by atoms with van der Waals surface area (Å²) >= 11 is 6.09. The number of aromatic nitrogens is 1. The van der Waals surface area contributed by atoms with Gasteiger partial charge in [0.25, 0.3) is 11.8 Å². The Hall–Kier alpha value is -3.08. The molecule has 0 bridgehead atoms. The molecule has 2 amide bonds. The second-order valence-corrected chi connectivity index (χ2v) is 10.2. The van der Waals surface area contributed by atoms with Crippen molar-refractivity contribution < 1.29 is 31.9 Å². The highest BCUT2D eigenvalue weighted by Gasteiger charge is 2.39. The van der Waals surface area contributed by atoms with Crippen molar-refractivity contribution >= 4 is 29.2 Å². The number of carbonyl (C=O) groups is 2. The van der Waals surface area contributed by atoms with Crippen molar-refractivity contribution in [3.8, 4) is 5.75 Å². The van der Waals surface area contributed by atoms with Gasteiger partial charge in [-0.25, -0.2) is 9.37 Å². The molecule has 0 radical (unpaired) electrons. The predicted octanol–water partition coefficient (Wildman–Crippen LogP) is 4.78. The average molecular weight is 555 g/mol. The number of amides is 2. The maximum Gasteiger partial charge on any atom is 0.417 e. The van der Waals surface area contributed by atoms with E-state index in [2.05, 4.69) is 4.98 Å². The Morgan fingerprint density at radius 3 is 2.37 bits per heavy atom. The van der Waals surface area contributed by atoms with E-state index < -0.39 is 23.7 Å². The number of hydrogen-bond donors (Lipinski definition) is 0. The minimum atomic E-state index is -4.52. The summed E-state index contributed by atoms with van der Waals surface area (Å²) < 4.78 is 59.2. The monoisotopic (exact) mass is 554 g/mol. The first-order valence-electron chi connectivity index (χ1n) is 12.7. The topological polar surface area (TPSA) is 66.0 Å². The maximum atomic E-state index is 14.8. The van der Waals surface area contributed by atoms with Crippen LogP contribution in [-0.2, 0) is 11.0 Å². The van der Waals surface area contributed by atoms with Crippen LogP contribution < -0.4 is 9.64 Å². The standard InChI is InChI=1S/C26H27ClF4N4O3/c27-19-14-17(26(29,30)31)15-32-23(19)33-10-5-18(6-11-33)35-12-7-22(25(35)37)38-21-4-3-16(13-20(21)28)24(36)34-8-1-2-9-34/h3-4,13-15,18,22H,1-2,5-12H2. The van der Waals surface area contributed by atoms with Crippen LogP contribution in [0.25, 0.3) is 0 Å². The lowest BCUT2D eigenvalue weighted by Gasteiger charge is -2.37. The fourth-order valence-electron chi connectivity index (χ4n) is 5.34. The fourth-order valence-corrected chi connectivity index (χ4v) is 5.63. The van der Waals surface area contributed by atoms with E-state index in [1.165, 1.54) is 12.1 Å². The van der Waals surface area contributed by atoms with E-state index in [9.17, 15) is 27.2 Å². The van der Waals surface area contributed by atoms with Gasteiger partial charge in [0.15, 0.2) is 17.7 Å². The molecule has 5 rings (SSSR count). The number of alkyl halides is 3. The summed E-state index contributed by atoms with van der Waals surface area (Å²) in [6.45, 7) is 2.73. The lowest BCUT2D eigenvalue weighted by molar-refractivity contribution is -0.138. The summed E-state index contributed by atoms with van der Waals surface area (Å²) in [6.07, 6.45) is -1.13. The summed E-state index contributed by atoms with van der Waals surface area (Å²) in [5.74, 6) is -0.910. The van der Waals surface area contributed by atoms with Crippen molar-refractivity contribution in [1.29, 1.82) is 0 Å². The van der Waals surface area contributed by atoms with E-state index in [1.807, 2.05) is 4.90 Å². The largest absolute Gasteiger partial charge is 0.477 e. The van der Waals surface area contributed by atoms with Gasteiger partial charge in [-0.2, -0.15) is 13.2 Å². The molecule has 1 atom stereocenters. The highest BCUT2D eigenvalue weighted by molar-refractivity contribution is 6.33. The third kappa shape index (κ3) is 5.39. The number of nitrogens with zero attached hydrogens (tertiary/aromatic N) is 4. The van der Waals surface area contributed by atoms with Crippen molar-refractivity contribution in [2.75, 3.05) is 37.6 Å². The molecule has 1 aromatic heterocycles. The highest BCUT2D eigenvalue weighted by atomic mass is 35.5. The van der Waals surface area contributed by atoms with Crippen LogP contribution in [0.5, 0.6) is 5.75 Å². The van der Waals surface area contributed by atoms with Crippen LogP contribution in [0.2, 0.25) is 5.02 Å². The van der Waals surface area contributed by atoms with E-state index in [-0.39, 0.29) is 40.0 Å². The number of halogens is 5. The number of benzene rings is 1. The van der Waals surface area contributed by atoms with Crippen LogP contribution in [0, 0.1) is 5.82 Å². The van der Waals surface area contributed by atoms with Gasteiger partial charge in [-0.05, 0) is 49.9 Å². The lowest BCUT2D eigenvalue weighted by atomic mass is 10.0. The number of anilines is 1. The molecule has 0 aliphatic carbocycles. The zero-order valence-corrected chi connectivity index (χ0v) is 21.3. The highest BCUT2D eigenvalue weighted by Crippen LogP contribution is 2.35.